The van der Waals surface area contributed by atoms with Crippen LogP contribution in [0.2, 0.25) is 0 Å². The van der Waals surface area contributed by atoms with Gasteiger partial charge in [-0.05, 0) is 13.0 Å². The van der Waals surface area contributed by atoms with Crippen molar-refractivity contribution in [2.75, 3.05) is 6.61 Å². The molecule has 15 heavy (non-hydrogen) atoms. The molecule has 1 rings (SSSR count). The number of hydrogen-bond acceptors (Lipinski definition) is 4. The summed E-state index contributed by atoms with van der Waals surface area (Å²) in [6, 6.07) is 8.09. The molecular formula is C10H10N2O3. The van der Waals surface area contributed by atoms with E-state index in [0.717, 1.165) is 0 Å². The lowest BCUT2D eigenvalue weighted by Gasteiger charge is -2.06. The molecule has 1 unspecified atom stereocenters. The Morgan fingerprint density at radius 3 is 2.87 bits per heavy atom. The van der Waals surface area contributed by atoms with Crippen molar-refractivity contribution in [3.05, 3.63) is 34.4 Å². The van der Waals surface area contributed by atoms with Gasteiger partial charge in [0.05, 0.1) is 16.9 Å². The zero-order valence-electron chi connectivity index (χ0n) is 8.21. The van der Waals surface area contributed by atoms with Gasteiger partial charge in [0.25, 0.3) is 0 Å². The predicted octanol–water partition coefficient (Wildman–Crippen LogP) is 2.13. The van der Waals surface area contributed by atoms with Gasteiger partial charge in [0.1, 0.15) is 6.61 Å². The molecule has 0 aromatic heterocycles. The molecule has 0 aliphatic rings. The summed E-state index contributed by atoms with van der Waals surface area (Å²) in [5.41, 5.74) is -0.0809. The van der Waals surface area contributed by atoms with Crippen LogP contribution in [0.3, 0.4) is 0 Å². The second kappa shape index (κ2) is 4.96. The predicted molar refractivity (Wildman–Crippen MR) is 53.4 cm³/mol. The topological polar surface area (TPSA) is 76.2 Å². The standard InChI is InChI=1S/C10H10N2O3/c1-8(6-11)7-15-10-5-3-2-4-9(10)12(13)14/h2-5,8H,7H2,1H3. The molecule has 0 N–H and O–H groups in total. The van der Waals surface area contributed by atoms with E-state index in [2.05, 4.69) is 0 Å². The van der Waals surface area contributed by atoms with E-state index in [1.165, 1.54) is 12.1 Å². The normalized spacial score (nSPS) is 11.5. The zero-order valence-corrected chi connectivity index (χ0v) is 8.21. The molecule has 1 aromatic rings. The lowest BCUT2D eigenvalue weighted by atomic mass is 10.2. The smallest absolute Gasteiger partial charge is 0.310 e. The number of nitro groups is 1. The molecule has 0 bridgehead atoms. The molecule has 5 heteroatoms. The maximum atomic E-state index is 10.6. The lowest BCUT2D eigenvalue weighted by Crippen LogP contribution is -2.07. The molecule has 0 heterocycles. The van der Waals surface area contributed by atoms with E-state index in [4.69, 9.17) is 10.00 Å². The van der Waals surface area contributed by atoms with Crippen molar-refractivity contribution < 1.29 is 9.66 Å². The van der Waals surface area contributed by atoms with Crippen LogP contribution in [-0.2, 0) is 0 Å². The van der Waals surface area contributed by atoms with Crippen molar-refractivity contribution in [3.63, 3.8) is 0 Å². The van der Waals surface area contributed by atoms with E-state index in [1.54, 1.807) is 19.1 Å². The molecule has 1 atom stereocenters. The van der Waals surface area contributed by atoms with Crippen molar-refractivity contribution in [2.45, 2.75) is 6.92 Å². The number of benzene rings is 1. The average Bonchev–Trinajstić information content (AvgIpc) is 2.26. The van der Waals surface area contributed by atoms with Gasteiger partial charge in [-0.25, -0.2) is 0 Å². The Morgan fingerprint density at radius 2 is 2.27 bits per heavy atom. The first-order valence-electron chi connectivity index (χ1n) is 4.41. The molecule has 5 nitrogen and oxygen atoms in total. The first-order valence-corrected chi connectivity index (χ1v) is 4.41. The van der Waals surface area contributed by atoms with Crippen LogP contribution in [0.25, 0.3) is 0 Å². The van der Waals surface area contributed by atoms with Gasteiger partial charge in [0, 0.05) is 6.07 Å². The Morgan fingerprint density at radius 1 is 1.60 bits per heavy atom. The molecular weight excluding hydrogens is 196 g/mol. The van der Waals surface area contributed by atoms with Gasteiger partial charge in [0.2, 0.25) is 0 Å². The van der Waals surface area contributed by atoms with E-state index in [9.17, 15) is 10.1 Å². The maximum Gasteiger partial charge on any atom is 0.310 e. The number of nitrogens with zero attached hydrogens (tertiary/aromatic N) is 2. The van der Waals surface area contributed by atoms with Gasteiger partial charge < -0.3 is 4.74 Å². The van der Waals surface area contributed by atoms with Gasteiger partial charge >= 0.3 is 5.69 Å². The molecule has 0 amide bonds. The summed E-state index contributed by atoms with van der Waals surface area (Å²) >= 11 is 0. The Hall–Kier alpha value is -2.09. The summed E-state index contributed by atoms with van der Waals surface area (Å²) in [7, 11) is 0. The van der Waals surface area contributed by atoms with E-state index >= 15 is 0 Å². The fourth-order valence-corrected chi connectivity index (χ4v) is 0.982. The van der Waals surface area contributed by atoms with Crippen molar-refractivity contribution in [1.29, 1.82) is 5.26 Å². The van der Waals surface area contributed by atoms with Gasteiger partial charge in [-0.2, -0.15) is 5.26 Å². The second-order valence-electron chi connectivity index (χ2n) is 3.07. The van der Waals surface area contributed by atoms with Gasteiger partial charge in [-0.15, -0.1) is 0 Å². The third kappa shape index (κ3) is 2.95. The summed E-state index contributed by atoms with van der Waals surface area (Å²) in [6.07, 6.45) is 0. The van der Waals surface area contributed by atoms with E-state index in [1.807, 2.05) is 6.07 Å². The van der Waals surface area contributed by atoms with Crippen LogP contribution < -0.4 is 4.74 Å². The molecule has 0 fully saturated rings. The minimum atomic E-state index is -0.508. The minimum absolute atomic E-state index is 0.0809. The highest BCUT2D eigenvalue weighted by molar-refractivity contribution is 5.45. The first-order chi connectivity index (χ1) is 7.15. The minimum Gasteiger partial charge on any atom is -0.485 e. The SMILES string of the molecule is CC(C#N)COc1ccccc1[N+](=O)[O-]. The van der Waals surface area contributed by atoms with Crippen LogP contribution in [0.1, 0.15) is 6.92 Å². The molecule has 0 aliphatic carbocycles. The summed E-state index contributed by atoms with van der Waals surface area (Å²) in [6.45, 7) is 1.84. The Labute approximate surface area is 87.1 Å². The van der Waals surface area contributed by atoms with E-state index < -0.39 is 4.92 Å². The molecule has 0 radical (unpaired) electrons. The molecule has 0 saturated carbocycles. The van der Waals surface area contributed by atoms with Crippen LogP contribution >= 0.6 is 0 Å². The summed E-state index contributed by atoms with van der Waals surface area (Å²) in [4.78, 5) is 10.1. The third-order valence-electron chi connectivity index (χ3n) is 1.77. The Bertz CT molecular complexity index is 398. The number of nitro benzene ring substituents is 1. The average molecular weight is 206 g/mol. The second-order valence-corrected chi connectivity index (χ2v) is 3.07. The van der Waals surface area contributed by atoms with Crippen LogP contribution in [-0.4, -0.2) is 11.5 Å². The summed E-state index contributed by atoms with van der Waals surface area (Å²) < 4.78 is 5.19. The maximum absolute atomic E-state index is 10.6. The molecule has 0 spiro atoms. The number of ether oxygens (including phenoxy) is 1. The number of hydrogen-bond donors (Lipinski definition) is 0. The molecule has 0 aliphatic heterocycles. The lowest BCUT2D eigenvalue weighted by molar-refractivity contribution is -0.385. The number of rotatable bonds is 4. The largest absolute Gasteiger partial charge is 0.485 e. The molecule has 1 aromatic carbocycles. The van der Waals surface area contributed by atoms with Crippen molar-refractivity contribution in [3.8, 4) is 11.8 Å². The monoisotopic (exact) mass is 206 g/mol. The van der Waals surface area contributed by atoms with Crippen molar-refractivity contribution in [2.24, 2.45) is 5.92 Å². The quantitative estimate of drug-likeness (QED) is 0.558. The fourth-order valence-electron chi connectivity index (χ4n) is 0.982. The highest BCUT2D eigenvalue weighted by Crippen LogP contribution is 2.25. The Kier molecular flexibility index (Phi) is 3.63. The summed E-state index contributed by atoms with van der Waals surface area (Å²) in [5.74, 6) is -0.0885. The first kappa shape index (κ1) is 11.0. The zero-order chi connectivity index (χ0) is 11.3. The molecule has 0 saturated heterocycles. The number of nitriles is 1. The van der Waals surface area contributed by atoms with Gasteiger partial charge in [-0.1, -0.05) is 12.1 Å². The van der Waals surface area contributed by atoms with Crippen LogP contribution in [0.5, 0.6) is 5.75 Å². The fraction of sp³-hybridized carbons (Fsp3) is 0.300. The van der Waals surface area contributed by atoms with Crippen LogP contribution in [0.15, 0.2) is 24.3 Å². The third-order valence-corrected chi connectivity index (χ3v) is 1.77. The van der Waals surface area contributed by atoms with Gasteiger partial charge in [0.15, 0.2) is 5.75 Å². The molecule has 78 valence electrons. The highest BCUT2D eigenvalue weighted by Gasteiger charge is 2.14. The van der Waals surface area contributed by atoms with Crippen molar-refractivity contribution >= 4 is 5.69 Å². The van der Waals surface area contributed by atoms with E-state index in [0.29, 0.717) is 0 Å². The van der Waals surface area contributed by atoms with Crippen LogP contribution in [0.4, 0.5) is 5.69 Å². The van der Waals surface area contributed by atoms with Gasteiger partial charge in [-0.3, -0.25) is 10.1 Å². The van der Waals surface area contributed by atoms with Crippen molar-refractivity contribution in [1.82, 2.24) is 0 Å². The summed E-state index contributed by atoms with van der Waals surface area (Å²) in [5, 5.41) is 19.1. The number of para-hydroxylation sites is 2. The van der Waals surface area contributed by atoms with Crippen LogP contribution in [0, 0.1) is 27.4 Å². The van der Waals surface area contributed by atoms with E-state index in [-0.39, 0.29) is 24.0 Å². The highest BCUT2D eigenvalue weighted by atomic mass is 16.6. The Balaban J connectivity index is 2.77.